The van der Waals surface area contributed by atoms with Gasteiger partial charge in [-0.15, -0.1) is 11.3 Å². The van der Waals surface area contributed by atoms with Gasteiger partial charge >= 0.3 is 5.97 Å². The van der Waals surface area contributed by atoms with Crippen molar-refractivity contribution in [2.75, 3.05) is 11.9 Å². The Morgan fingerprint density at radius 3 is 2.56 bits per heavy atom. The molecule has 0 fully saturated rings. The Bertz CT molecular complexity index is 1600. The van der Waals surface area contributed by atoms with Crippen LogP contribution in [0.15, 0.2) is 82.6 Å². The van der Waals surface area contributed by atoms with Crippen LogP contribution in [0.25, 0.3) is 32.9 Å². The summed E-state index contributed by atoms with van der Waals surface area (Å²) in [7, 11) is 0. The summed E-state index contributed by atoms with van der Waals surface area (Å²) in [6.45, 7) is 1.95. The number of nitrogens with one attached hydrogen (secondary N) is 2. The molecule has 0 aliphatic heterocycles. The third-order valence-corrected chi connectivity index (χ3v) is 6.40. The summed E-state index contributed by atoms with van der Waals surface area (Å²) in [6.07, 6.45) is 0. The molecule has 2 N–H and O–H groups in total. The van der Waals surface area contributed by atoms with Gasteiger partial charge in [-0.1, -0.05) is 60.7 Å². The molecule has 3 aromatic carbocycles. The van der Waals surface area contributed by atoms with Crippen molar-refractivity contribution in [3.8, 4) is 11.1 Å². The van der Waals surface area contributed by atoms with Crippen LogP contribution in [0.4, 0.5) is 5.00 Å². The van der Waals surface area contributed by atoms with Gasteiger partial charge in [-0.05, 0) is 35.4 Å². The number of fused-ring (bicyclic) bond motifs is 3. The Kier molecular flexibility index (Phi) is 5.69. The van der Waals surface area contributed by atoms with Crippen LogP contribution in [0.1, 0.15) is 27.6 Å². The van der Waals surface area contributed by atoms with Crippen LogP contribution < -0.4 is 10.9 Å². The van der Waals surface area contributed by atoms with Crippen LogP contribution in [0.5, 0.6) is 0 Å². The lowest BCUT2D eigenvalue weighted by molar-refractivity contribution is 0.0529. The lowest BCUT2D eigenvalue weighted by Crippen LogP contribution is -2.21. The quantitative estimate of drug-likeness (QED) is 0.236. The summed E-state index contributed by atoms with van der Waals surface area (Å²) >= 11 is 1.24. The molecule has 2 aromatic heterocycles. The fourth-order valence-corrected chi connectivity index (χ4v) is 4.87. The summed E-state index contributed by atoms with van der Waals surface area (Å²) in [4.78, 5) is 26.1. The maximum atomic E-state index is 13.3. The highest BCUT2D eigenvalue weighted by molar-refractivity contribution is 7.15. The van der Waals surface area contributed by atoms with Gasteiger partial charge in [0.25, 0.3) is 5.91 Å². The van der Waals surface area contributed by atoms with E-state index in [1.807, 2.05) is 66.0 Å². The summed E-state index contributed by atoms with van der Waals surface area (Å²) in [6, 6.07) is 22.6. The van der Waals surface area contributed by atoms with E-state index in [1.165, 1.54) is 11.3 Å². The number of hydrogen-bond acceptors (Lipinski definition) is 6. The van der Waals surface area contributed by atoms with Crippen LogP contribution in [-0.2, 0) is 4.74 Å². The first-order valence-electron chi connectivity index (χ1n) is 10.7. The lowest BCUT2D eigenvalue weighted by atomic mass is 10.0. The number of carbonyl (C=O) groups is 2. The number of anilines is 1. The summed E-state index contributed by atoms with van der Waals surface area (Å²) in [5.74, 6) is -1.05. The largest absolute Gasteiger partial charge is 0.462 e. The van der Waals surface area contributed by atoms with E-state index < -0.39 is 11.9 Å². The number of amides is 1. The molecular weight excluding hydrogens is 448 g/mol. The Labute approximate surface area is 198 Å². The molecule has 0 spiro atoms. The molecule has 2 heterocycles. The summed E-state index contributed by atoms with van der Waals surface area (Å²) in [5.41, 5.74) is 2.16. The molecule has 7 heteroatoms. The lowest BCUT2D eigenvalue weighted by Gasteiger charge is -2.10. The molecule has 0 radical (unpaired) electrons. The number of carbonyl (C=O) groups excluding carboxylic acids is 2. The maximum absolute atomic E-state index is 13.3. The Morgan fingerprint density at radius 2 is 1.76 bits per heavy atom. The van der Waals surface area contributed by atoms with E-state index >= 15 is 0 Å². The second kappa shape index (κ2) is 8.96. The van der Waals surface area contributed by atoms with Gasteiger partial charge in [0.2, 0.25) is 5.55 Å². The van der Waals surface area contributed by atoms with Gasteiger partial charge in [0.05, 0.1) is 6.61 Å². The normalized spacial score (nSPS) is 11.0. The van der Waals surface area contributed by atoms with E-state index in [0.29, 0.717) is 21.7 Å². The minimum Gasteiger partial charge on any atom is -0.462 e. The van der Waals surface area contributed by atoms with Gasteiger partial charge in [-0.25, -0.2) is 4.79 Å². The molecule has 6 nitrogen and oxygen atoms in total. The summed E-state index contributed by atoms with van der Waals surface area (Å²) < 4.78 is 10.9. The molecule has 0 saturated carbocycles. The van der Waals surface area contributed by atoms with Crippen LogP contribution in [0.3, 0.4) is 0 Å². The molecule has 0 bridgehead atoms. The third kappa shape index (κ3) is 3.86. The first kappa shape index (κ1) is 21.6. The highest BCUT2D eigenvalue weighted by Gasteiger charge is 2.24. The molecular formula is C27H20N2O4S. The Hall–Kier alpha value is -4.23. The Morgan fingerprint density at radius 1 is 1.00 bits per heavy atom. The molecule has 5 aromatic rings. The van der Waals surface area contributed by atoms with Crippen molar-refractivity contribution in [1.29, 1.82) is 5.41 Å². The molecule has 168 valence electrons. The zero-order valence-electron chi connectivity index (χ0n) is 18.3. The molecule has 0 atom stereocenters. The molecule has 0 unspecified atom stereocenters. The highest BCUT2D eigenvalue weighted by atomic mass is 32.1. The molecule has 0 aliphatic carbocycles. The second-order valence-corrected chi connectivity index (χ2v) is 8.46. The number of esters is 1. The van der Waals surface area contributed by atoms with Crippen molar-refractivity contribution < 1.29 is 18.7 Å². The molecule has 1 amide bonds. The topological polar surface area (TPSA) is 92.4 Å². The van der Waals surface area contributed by atoms with Gasteiger partial charge in [-0.3, -0.25) is 10.2 Å². The number of hydrogen-bond donors (Lipinski definition) is 2. The zero-order chi connectivity index (χ0) is 23.7. The van der Waals surface area contributed by atoms with E-state index in [0.717, 1.165) is 21.7 Å². The molecule has 0 aliphatic rings. The number of rotatable bonds is 5. The molecule has 5 rings (SSSR count). The summed E-state index contributed by atoms with van der Waals surface area (Å²) in [5, 5.41) is 15.9. The average Bonchev–Trinajstić information content (AvgIpc) is 3.27. The van der Waals surface area contributed by atoms with Gasteiger partial charge < -0.3 is 14.5 Å². The van der Waals surface area contributed by atoms with Crippen LogP contribution >= 0.6 is 11.3 Å². The maximum Gasteiger partial charge on any atom is 0.341 e. The van der Waals surface area contributed by atoms with E-state index in [-0.39, 0.29) is 17.7 Å². The molecule has 34 heavy (non-hydrogen) atoms. The first-order valence-corrected chi connectivity index (χ1v) is 11.6. The van der Waals surface area contributed by atoms with E-state index in [4.69, 9.17) is 14.6 Å². The standard InChI is InChI=1S/C27H20N2O4S/c1-2-32-27(31)23-21(16-8-4-3-5-9-16)15-34-26(23)29-25(30)20-14-19-18-11-7-6-10-17(18)12-13-22(19)33-24(20)28/h3-15,28H,2H2,1H3,(H,29,30). The van der Waals surface area contributed by atoms with Crippen molar-refractivity contribution in [3.05, 3.63) is 94.9 Å². The minimum atomic E-state index is -0.532. The second-order valence-electron chi connectivity index (χ2n) is 7.58. The van der Waals surface area contributed by atoms with Crippen LogP contribution in [-0.4, -0.2) is 18.5 Å². The molecule has 0 saturated heterocycles. The van der Waals surface area contributed by atoms with Crippen LogP contribution in [0.2, 0.25) is 0 Å². The zero-order valence-corrected chi connectivity index (χ0v) is 19.1. The van der Waals surface area contributed by atoms with Gasteiger partial charge in [0.1, 0.15) is 21.7 Å². The van der Waals surface area contributed by atoms with Crippen LogP contribution in [0, 0.1) is 5.41 Å². The average molecular weight is 469 g/mol. The smallest absolute Gasteiger partial charge is 0.341 e. The number of thiophene rings is 1. The first-order chi connectivity index (χ1) is 16.6. The fraction of sp³-hybridized carbons (Fsp3) is 0.0741. The number of ether oxygens (including phenoxy) is 1. The van der Waals surface area contributed by atoms with Gasteiger partial charge in [0, 0.05) is 16.3 Å². The van der Waals surface area contributed by atoms with Crippen molar-refractivity contribution >= 4 is 50.0 Å². The van der Waals surface area contributed by atoms with E-state index in [2.05, 4.69) is 5.32 Å². The monoisotopic (exact) mass is 468 g/mol. The SMILES string of the molecule is CCOC(=O)c1c(-c2ccccc2)csc1NC(=O)c1cc2c(ccc3ccccc32)oc1=N. The third-order valence-electron chi connectivity index (χ3n) is 5.50. The van der Waals surface area contributed by atoms with Crippen molar-refractivity contribution in [2.24, 2.45) is 0 Å². The van der Waals surface area contributed by atoms with Gasteiger partial charge in [-0.2, -0.15) is 0 Å². The predicted molar refractivity (Wildman–Crippen MR) is 133 cm³/mol. The van der Waals surface area contributed by atoms with E-state index in [9.17, 15) is 9.59 Å². The van der Waals surface area contributed by atoms with Crippen molar-refractivity contribution in [1.82, 2.24) is 0 Å². The predicted octanol–water partition coefficient (Wildman–Crippen LogP) is 6.22. The van der Waals surface area contributed by atoms with Crippen molar-refractivity contribution in [3.63, 3.8) is 0 Å². The van der Waals surface area contributed by atoms with E-state index in [1.54, 1.807) is 19.1 Å². The van der Waals surface area contributed by atoms with Gasteiger partial charge in [0.15, 0.2) is 0 Å². The highest BCUT2D eigenvalue weighted by Crippen LogP contribution is 2.36. The number of benzene rings is 3. The minimum absolute atomic E-state index is 0.0772. The van der Waals surface area contributed by atoms with Crippen molar-refractivity contribution in [2.45, 2.75) is 6.92 Å². The Balaban J connectivity index is 1.58. The fourth-order valence-electron chi connectivity index (χ4n) is 3.91.